The van der Waals surface area contributed by atoms with Crippen LogP contribution in [-0.4, -0.2) is 27.9 Å². The zero-order chi connectivity index (χ0) is 21.7. The minimum atomic E-state index is -0.451. The highest BCUT2D eigenvalue weighted by molar-refractivity contribution is 9.10. The minimum Gasteiger partial charge on any atom is -0.422 e. The summed E-state index contributed by atoms with van der Waals surface area (Å²) in [5, 5.41) is 8.28. The molecule has 30 heavy (non-hydrogen) atoms. The molecule has 0 bridgehead atoms. The van der Waals surface area contributed by atoms with Crippen LogP contribution in [0.5, 0.6) is 5.75 Å². The predicted octanol–water partition coefficient (Wildman–Crippen LogP) is 3.94. The van der Waals surface area contributed by atoms with E-state index in [0.717, 1.165) is 21.4 Å². The first-order valence-corrected chi connectivity index (χ1v) is 10.0. The molecule has 154 valence electrons. The highest BCUT2D eigenvalue weighted by Crippen LogP contribution is 2.20. The fraction of sp³-hybridized carbons (Fsp3) is 0.182. The lowest BCUT2D eigenvalue weighted by atomic mass is 10.1. The summed E-state index contributed by atoms with van der Waals surface area (Å²) < 4.78 is 8.01. The second-order valence-electron chi connectivity index (χ2n) is 6.68. The quantitative estimate of drug-likeness (QED) is 0.257. The fourth-order valence-corrected chi connectivity index (χ4v) is 3.10. The zero-order valence-corrected chi connectivity index (χ0v) is 18.4. The highest BCUT2D eigenvalue weighted by atomic mass is 79.9. The number of carbonyl (C=O) groups excluding carboxylic acids is 2. The number of amides is 1. The molecular formula is C22H21BrN4O3. The molecule has 8 heteroatoms. The van der Waals surface area contributed by atoms with Crippen LogP contribution in [0.15, 0.2) is 58.1 Å². The first kappa shape index (κ1) is 21.4. The normalized spacial score (nSPS) is 10.9. The van der Waals surface area contributed by atoms with E-state index in [-0.39, 0.29) is 12.5 Å². The molecule has 0 fully saturated rings. The number of rotatable bonds is 6. The molecule has 0 aliphatic heterocycles. The standard InChI is InChI=1S/C22H21BrN4O3/c1-14-8-4-6-10-18(14)22(29)30-19-11-7-5-9-17(19)12-24-25-20(28)13-27-16(3)21(23)15(2)26-27/h4-12H,13H2,1-3H3,(H,25,28)/b24-12+. The lowest BCUT2D eigenvalue weighted by Gasteiger charge is -2.09. The van der Waals surface area contributed by atoms with Crippen LogP contribution in [-0.2, 0) is 11.3 Å². The van der Waals surface area contributed by atoms with Crippen LogP contribution in [0.4, 0.5) is 0 Å². The number of esters is 1. The van der Waals surface area contributed by atoms with Gasteiger partial charge >= 0.3 is 5.97 Å². The number of aromatic nitrogens is 2. The van der Waals surface area contributed by atoms with Gasteiger partial charge in [-0.05, 0) is 60.5 Å². The lowest BCUT2D eigenvalue weighted by Crippen LogP contribution is -2.24. The van der Waals surface area contributed by atoms with Gasteiger partial charge in [-0.2, -0.15) is 10.2 Å². The number of ether oxygens (including phenoxy) is 1. The first-order valence-electron chi connectivity index (χ1n) is 9.25. The summed E-state index contributed by atoms with van der Waals surface area (Å²) in [6.45, 7) is 5.62. The molecule has 1 amide bonds. The molecule has 1 heterocycles. The number of nitrogens with zero attached hydrogens (tertiary/aromatic N) is 3. The van der Waals surface area contributed by atoms with Crippen LogP contribution in [0.25, 0.3) is 0 Å². The van der Waals surface area contributed by atoms with Gasteiger partial charge in [0.2, 0.25) is 0 Å². The van der Waals surface area contributed by atoms with Crippen LogP contribution in [0.2, 0.25) is 0 Å². The number of hydrogen-bond donors (Lipinski definition) is 1. The van der Waals surface area contributed by atoms with Crippen molar-refractivity contribution < 1.29 is 14.3 Å². The molecule has 0 spiro atoms. The maximum absolute atomic E-state index is 12.5. The van der Waals surface area contributed by atoms with Crippen molar-refractivity contribution in [1.29, 1.82) is 0 Å². The Bertz CT molecular complexity index is 1120. The zero-order valence-electron chi connectivity index (χ0n) is 16.8. The van der Waals surface area contributed by atoms with E-state index >= 15 is 0 Å². The number of halogens is 1. The molecule has 0 unspecified atom stereocenters. The van der Waals surface area contributed by atoms with Gasteiger partial charge in [0, 0.05) is 5.56 Å². The summed E-state index contributed by atoms with van der Waals surface area (Å²) in [5.74, 6) is -0.418. The van der Waals surface area contributed by atoms with E-state index < -0.39 is 5.97 Å². The topological polar surface area (TPSA) is 85.6 Å². The molecule has 0 atom stereocenters. The summed E-state index contributed by atoms with van der Waals surface area (Å²) in [4.78, 5) is 24.7. The van der Waals surface area contributed by atoms with E-state index in [1.54, 1.807) is 41.1 Å². The summed E-state index contributed by atoms with van der Waals surface area (Å²) in [5.41, 5.74) is 6.03. The highest BCUT2D eigenvalue weighted by Gasteiger charge is 2.13. The molecule has 3 aromatic rings. The second kappa shape index (κ2) is 9.49. The largest absolute Gasteiger partial charge is 0.422 e. The summed E-state index contributed by atoms with van der Waals surface area (Å²) in [6.07, 6.45) is 1.44. The third-order valence-electron chi connectivity index (χ3n) is 4.47. The van der Waals surface area contributed by atoms with Gasteiger partial charge in [-0.25, -0.2) is 10.2 Å². The van der Waals surface area contributed by atoms with Crippen molar-refractivity contribution in [3.63, 3.8) is 0 Å². The molecule has 3 rings (SSSR count). The molecule has 0 radical (unpaired) electrons. The van der Waals surface area contributed by atoms with Crippen LogP contribution in [0.3, 0.4) is 0 Å². The molecular weight excluding hydrogens is 448 g/mol. The maximum Gasteiger partial charge on any atom is 0.343 e. The Morgan fingerprint density at radius 1 is 1.13 bits per heavy atom. The molecule has 1 N–H and O–H groups in total. The van der Waals surface area contributed by atoms with Gasteiger partial charge in [0.25, 0.3) is 5.91 Å². The number of para-hydroxylation sites is 1. The molecule has 7 nitrogen and oxygen atoms in total. The van der Waals surface area contributed by atoms with Crippen molar-refractivity contribution in [2.24, 2.45) is 5.10 Å². The molecule has 0 saturated carbocycles. The van der Waals surface area contributed by atoms with Gasteiger partial charge in [0.05, 0.1) is 27.6 Å². The van der Waals surface area contributed by atoms with Gasteiger partial charge in [0.1, 0.15) is 12.3 Å². The number of hydrogen-bond acceptors (Lipinski definition) is 5. The van der Waals surface area contributed by atoms with Crippen molar-refractivity contribution >= 4 is 34.0 Å². The molecule has 0 aliphatic carbocycles. The Hall–Kier alpha value is -3.26. The molecule has 1 aromatic heterocycles. The van der Waals surface area contributed by atoms with E-state index in [1.165, 1.54) is 6.21 Å². The monoisotopic (exact) mass is 468 g/mol. The van der Waals surface area contributed by atoms with E-state index in [2.05, 4.69) is 31.6 Å². The number of aryl methyl sites for hydroxylation is 2. The van der Waals surface area contributed by atoms with E-state index in [1.807, 2.05) is 32.9 Å². The van der Waals surface area contributed by atoms with Crippen LogP contribution in [0.1, 0.15) is 32.9 Å². The van der Waals surface area contributed by atoms with Gasteiger partial charge in [0.15, 0.2) is 0 Å². The number of carbonyl (C=O) groups is 2. The fourth-order valence-electron chi connectivity index (χ4n) is 2.81. The van der Waals surface area contributed by atoms with E-state index in [4.69, 9.17) is 4.74 Å². The van der Waals surface area contributed by atoms with Crippen LogP contribution >= 0.6 is 15.9 Å². The van der Waals surface area contributed by atoms with Crippen molar-refractivity contribution in [3.8, 4) is 5.75 Å². The molecule has 2 aromatic carbocycles. The first-order chi connectivity index (χ1) is 14.4. The third kappa shape index (κ3) is 5.01. The van der Waals surface area contributed by atoms with E-state index in [0.29, 0.717) is 16.9 Å². The van der Waals surface area contributed by atoms with Crippen molar-refractivity contribution in [3.05, 3.63) is 81.1 Å². The Morgan fingerprint density at radius 3 is 2.53 bits per heavy atom. The Morgan fingerprint density at radius 2 is 1.83 bits per heavy atom. The SMILES string of the molecule is Cc1ccccc1C(=O)Oc1ccccc1/C=N/NC(=O)Cn1nc(C)c(Br)c1C. The van der Waals surface area contributed by atoms with Crippen molar-refractivity contribution in [2.75, 3.05) is 0 Å². The minimum absolute atomic E-state index is 0.0412. The Labute approximate surface area is 182 Å². The predicted molar refractivity (Wildman–Crippen MR) is 118 cm³/mol. The number of nitrogens with one attached hydrogen (secondary N) is 1. The maximum atomic E-state index is 12.5. The third-order valence-corrected chi connectivity index (χ3v) is 5.61. The van der Waals surface area contributed by atoms with Crippen molar-refractivity contribution in [1.82, 2.24) is 15.2 Å². The number of hydrazone groups is 1. The lowest BCUT2D eigenvalue weighted by molar-refractivity contribution is -0.121. The summed E-state index contributed by atoms with van der Waals surface area (Å²) in [7, 11) is 0. The summed E-state index contributed by atoms with van der Waals surface area (Å²) in [6, 6.07) is 14.2. The summed E-state index contributed by atoms with van der Waals surface area (Å²) >= 11 is 3.44. The van der Waals surface area contributed by atoms with Crippen LogP contribution < -0.4 is 10.2 Å². The molecule has 0 aliphatic rings. The average Bonchev–Trinajstić information content (AvgIpc) is 2.96. The Kier molecular flexibility index (Phi) is 6.79. The smallest absolute Gasteiger partial charge is 0.343 e. The average molecular weight is 469 g/mol. The Balaban J connectivity index is 1.66. The van der Waals surface area contributed by atoms with Gasteiger partial charge in [-0.1, -0.05) is 30.3 Å². The molecule has 0 saturated heterocycles. The van der Waals surface area contributed by atoms with Gasteiger partial charge < -0.3 is 4.74 Å². The van der Waals surface area contributed by atoms with E-state index in [9.17, 15) is 9.59 Å². The van der Waals surface area contributed by atoms with Crippen LogP contribution in [0, 0.1) is 20.8 Å². The number of benzene rings is 2. The second-order valence-corrected chi connectivity index (χ2v) is 7.47. The van der Waals surface area contributed by atoms with Gasteiger partial charge in [-0.15, -0.1) is 0 Å². The van der Waals surface area contributed by atoms with Gasteiger partial charge in [-0.3, -0.25) is 9.48 Å². The van der Waals surface area contributed by atoms with Crippen molar-refractivity contribution in [2.45, 2.75) is 27.3 Å².